The Morgan fingerprint density at radius 2 is 2.27 bits per heavy atom. The first-order chi connectivity index (χ1) is 7.19. The fourth-order valence-corrected chi connectivity index (χ4v) is 1.10. The molecule has 0 aliphatic rings. The highest BCUT2D eigenvalue weighted by atomic mass is 16.5. The lowest BCUT2D eigenvalue weighted by molar-refractivity contribution is 0.0601. The molecule has 0 radical (unpaired) electrons. The first-order valence-corrected chi connectivity index (χ1v) is 4.36. The summed E-state index contributed by atoms with van der Waals surface area (Å²) in [7, 11) is 1.34. The number of carbonyl (C=O) groups excluding carboxylic acids is 1. The number of methoxy groups -OCH3 is 1. The normalized spacial score (nSPS) is 10.3. The number of aryl methyl sites for hydroxylation is 1. The number of rotatable bonds is 3. The summed E-state index contributed by atoms with van der Waals surface area (Å²) in [5.74, 6) is -0.377. The Balaban J connectivity index is 3.10. The maximum absolute atomic E-state index is 11.2. The van der Waals surface area contributed by atoms with E-state index < -0.39 is 0 Å². The van der Waals surface area contributed by atoms with Gasteiger partial charge in [0.25, 0.3) is 0 Å². The Bertz CT molecular complexity index is 411. The molecular weight excluding hydrogens is 192 g/mol. The van der Waals surface area contributed by atoms with Crippen LogP contribution in [0.1, 0.15) is 15.9 Å². The van der Waals surface area contributed by atoms with Crippen LogP contribution in [0.5, 0.6) is 0 Å². The molecule has 1 aromatic rings. The molecule has 0 spiro atoms. The van der Waals surface area contributed by atoms with E-state index in [2.05, 4.69) is 21.4 Å². The number of hydrogen-bond donors (Lipinski definition) is 0. The quantitative estimate of drug-likeness (QED) is 0.430. The summed E-state index contributed by atoms with van der Waals surface area (Å²) in [6.07, 6.45) is 1.34. The minimum atomic E-state index is -0.377. The highest BCUT2D eigenvalue weighted by Gasteiger charge is 2.06. The van der Waals surface area contributed by atoms with E-state index >= 15 is 0 Å². The van der Waals surface area contributed by atoms with Crippen molar-refractivity contribution >= 4 is 24.7 Å². The molecule has 0 aliphatic carbocycles. The molecule has 4 nitrogen and oxygen atoms in total. The van der Waals surface area contributed by atoms with Gasteiger partial charge in [0.05, 0.1) is 18.4 Å². The van der Waals surface area contributed by atoms with Gasteiger partial charge >= 0.3 is 5.97 Å². The average molecular weight is 204 g/mol. The van der Waals surface area contributed by atoms with Crippen molar-refractivity contribution in [2.45, 2.75) is 6.92 Å². The molecule has 0 amide bonds. The third-order valence-electron chi connectivity index (χ3n) is 1.91. The van der Waals surface area contributed by atoms with Crippen LogP contribution in [0.4, 0.5) is 5.69 Å². The third kappa shape index (κ3) is 2.74. The maximum Gasteiger partial charge on any atom is 0.337 e. The molecule has 0 fully saturated rings. The molecule has 0 heterocycles. The highest BCUT2D eigenvalue weighted by Crippen LogP contribution is 2.20. The number of hydrogen-bond acceptors (Lipinski definition) is 3. The molecular formula is C11H12N2O2. The highest BCUT2D eigenvalue weighted by molar-refractivity contribution is 5.90. The van der Waals surface area contributed by atoms with E-state index in [9.17, 15) is 4.79 Å². The molecule has 0 N–H and O–H groups in total. The molecule has 1 aromatic carbocycles. The zero-order valence-electron chi connectivity index (χ0n) is 8.73. The Morgan fingerprint density at radius 3 is 2.87 bits per heavy atom. The van der Waals surface area contributed by atoms with Crippen molar-refractivity contribution in [1.29, 1.82) is 0 Å². The van der Waals surface area contributed by atoms with E-state index in [1.54, 1.807) is 12.1 Å². The van der Waals surface area contributed by atoms with Crippen LogP contribution in [0.2, 0.25) is 0 Å². The maximum atomic E-state index is 11.2. The molecule has 78 valence electrons. The smallest absolute Gasteiger partial charge is 0.337 e. The van der Waals surface area contributed by atoms with Gasteiger partial charge in [0.2, 0.25) is 0 Å². The predicted molar refractivity (Wildman–Crippen MR) is 60.2 cm³/mol. The lowest BCUT2D eigenvalue weighted by Gasteiger charge is -2.02. The van der Waals surface area contributed by atoms with Crippen LogP contribution in [0, 0.1) is 6.92 Å². The van der Waals surface area contributed by atoms with Gasteiger partial charge in [-0.25, -0.2) is 9.79 Å². The summed E-state index contributed by atoms with van der Waals surface area (Å²) < 4.78 is 4.61. The van der Waals surface area contributed by atoms with Gasteiger partial charge in [-0.15, -0.1) is 0 Å². The second kappa shape index (κ2) is 5.05. The van der Waals surface area contributed by atoms with Crippen LogP contribution in [0.25, 0.3) is 0 Å². The minimum Gasteiger partial charge on any atom is -0.465 e. The van der Waals surface area contributed by atoms with Crippen LogP contribution in [0.3, 0.4) is 0 Å². The first-order valence-electron chi connectivity index (χ1n) is 4.36. The SMILES string of the molecule is C=NC=Nc1cc(C(=O)OC)ccc1C. The summed E-state index contributed by atoms with van der Waals surface area (Å²) in [4.78, 5) is 18.8. The van der Waals surface area contributed by atoms with Crippen molar-refractivity contribution in [2.75, 3.05) is 7.11 Å². The lowest BCUT2D eigenvalue weighted by Crippen LogP contribution is -2.00. The second-order valence-corrected chi connectivity index (χ2v) is 2.92. The monoisotopic (exact) mass is 204 g/mol. The number of esters is 1. The van der Waals surface area contributed by atoms with Gasteiger partial charge in [0, 0.05) is 0 Å². The molecule has 0 saturated carbocycles. The van der Waals surface area contributed by atoms with Crippen LogP contribution in [0.15, 0.2) is 28.2 Å². The van der Waals surface area contributed by atoms with Crippen molar-refractivity contribution in [3.63, 3.8) is 0 Å². The van der Waals surface area contributed by atoms with E-state index in [0.717, 1.165) is 5.56 Å². The van der Waals surface area contributed by atoms with E-state index in [0.29, 0.717) is 11.3 Å². The Kier molecular flexibility index (Phi) is 3.74. The third-order valence-corrected chi connectivity index (χ3v) is 1.91. The number of aliphatic imine (C=N–C) groups is 2. The Morgan fingerprint density at radius 1 is 1.53 bits per heavy atom. The van der Waals surface area contributed by atoms with Crippen molar-refractivity contribution in [1.82, 2.24) is 0 Å². The fraction of sp³-hybridized carbons (Fsp3) is 0.182. The molecule has 4 heteroatoms. The summed E-state index contributed by atoms with van der Waals surface area (Å²) in [6.45, 7) is 5.19. The Labute approximate surface area is 88.3 Å². The largest absolute Gasteiger partial charge is 0.465 e. The zero-order valence-corrected chi connectivity index (χ0v) is 8.73. The molecule has 0 saturated heterocycles. The summed E-state index contributed by atoms with van der Waals surface area (Å²) in [6, 6.07) is 5.16. The predicted octanol–water partition coefficient (Wildman–Crippen LogP) is 2.14. The van der Waals surface area contributed by atoms with Crippen molar-refractivity contribution in [3.05, 3.63) is 29.3 Å². The standard InChI is InChI=1S/C11H12N2O2/c1-8-4-5-9(11(14)15-3)6-10(8)13-7-12-2/h4-7H,2H2,1,3H3. The van der Waals surface area contributed by atoms with Crippen molar-refractivity contribution in [2.24, 2.45) is 9.98 Å². The molecule has 0 aromatic heterocycles. The summed E-state index contributed by atoms with van der Waals surface area (Å²) in [5.41, 5.74) is 2.12. The summed E-state index contributed by atoms with van der Waals surface area (Å²) >= 11 is 0. The van der Waals surface area contributed by atoms with Crippen LogP contribution in [-0.4, -0.2) is 26.1 Å². The zero-order chi connectivity index (χ0) is 11.3. The van der Waals surface area contributed by atoms with E-state index in [-0.39, 0.29) is 5.97 Å². The molecule has 1 rings (SSSR count). The first kappa shape index (κ1) is 11.1. The van der Waals surface area contributed by atoms with E-state index in [1.165, 1.54) is 13.4 Å². The van der Waals surface area contributed by atoms with Gasteiger partial charge in [-0.3, -0.25) is 4.99 Å². The molecule has 15 heavy (non-hydrogen) atoms. The Hall–Kier alpha value is -1.97. The van der Waals surface area contributed by atoms with Crippen molar-refractivity contribution in [3.8, 4) is 0 Å². The topological polar surface area (TPSA) is 51.0 Å². The summed E-state index contributed by atoms with van der Waals surface area (Å²) in [5, 5.41) is 0. The number of nitrogens with zero attached hydrogens (tertiary/aromatic N) is 2. The number of ether oxygens (including phenoxy) is 1. The van der Waals surface area contributed by atoms with Crippen molar-refractivity contribution < 1.29 is 9.53 Å². The van der Waals surface area contributed by atoms with Gasteiger partial charge in [-0.1, -0.05) is 6.07 Å². The average Bonchev–Trinajstić information content (AvgIpc) is 2.27. The van der Waals surface area contributed by atoms with E-state index in [1.807, 2.05) is 13.0 Å². The molecule has 0 atom stereocenters. The van der Waals surface area contributed by atoms with Gasteiger partial charge in [-0.2, -0.15) is 0 Å². The number of carbonyl (C=O) groups is 1. The van der Waals surface area contributed by atoms with Crippen LogP contribution >= 0.6 is 0 Å². The van der Waals surface area contributed by atoms with Gasteiger partial charge in [0.15, 0.2) is 0 Å². The van der Waals surface area contributed by atoms with Crippen LogP contribution < -0.4 is 0 Å². The fourth-order valence-electron chi connectivity index (χ4n) is 1.10. The minimum absolute atomic E-state index is 0.377. The van der Waals surface area contributed by atoms with E-state index in [4.69, 9.17) is 0 Å². The second-order valence-electron chi connectivity index (χ2n) is 2.92. The van der Waals surface area contributed by atoms with Gasteiger partial charge in [0.1, 0.15) is 6.34 Å². The molecule has 0 bridgehead atoms. The van der Waals surface area contributed by atoms with Crippen LogP contribution in [-0.2, 0) is 4.74 Å². The number of benzene rings is 1. The van der Waals surface area contributed by atoms with Gasteiger partial charge in [-0.05, 0) is 31.3 Å². The molecule has 0 unspecified atom stereocenters. The molecule has 0 aliphatic heterocycles. The van der Waals surface area contributed by atoms with Gasteiger partial charge < -0.3 is 4.74 Å². The lowest BCUT2D eigenvalue weighted by atomic mass is 10.1.